The van der Waals surface area contributed by atoms with Crippen LogP contribution in [0.5, 0.6) is 5.75 Å². The Hall–Kier alpha value is -2.63. The van der Waals surface area contributed by atoms with E-state index in [0.29, 0.717) is 25.9 Å². The summed E-state index contributed by atoms with van der Waals surface area (Å²) in [5.74, 6) is -1.33. The van der Waals surface area contributed by atoms with Crippen molar-refractivity contribution in [1.29, 1.82) is 0 Å². The zero-order valence-corrected chi connectivity index (χ0v) is 20.6. The Morgan fingerprint density at radius 1 is 1.16 bits per heavy atom. The van der Waals surface area contributed by atoms with Gasteiger partial charge in [-0.05, 0) is 64.1 Å². The number of halogens is 2. The lowest BCUT2D eigenvalue weighted by atomic mass is 10.2. The third-order valence-electron chi connectivity index (χ3n) is 4.15. The summed E-state index contributed by atoms with van der Waals surface area (Å²) >= 11 is 7.39. The van der Waals surface area contributed by atoms with Crippen molar-refractivity contribution in [1.82, 2.24) is 4.90 Å². The van der Waals surface area contributed by atoms with Gasteiger partial charge in [0.1, 0.15) is 12.3 Å². The number of thioether (sulfide) groups is 1. The van der Waals surface area contributed by atoms with Gasteiger partial charge in [0.25, 0.3) is 11.1 Å². The maximum Gasteiger partial charge on any atom is 0.343 e. The van der Waals surface area contributed by atoms with E-state index in [1.807, 2.05) is 0 Å². The second-order valence-electron chi connectivity index (χ2n) is 6.34. The lowest BCUT2D eigenvalue weighted by Crippen LogP contribution is -2.36. The summed E-state index contributed by atoms with van der Waals surface area (Å²) in [7, 11) is 1.25. The van der Waals surface area contributed by atoms with E-state index < -0.39 is 29.6 Å². The molecule has 2 aromatic rings. The molecule has 32 heavy (non-hydrogen) atoms. The first kappa shape index (κ1) is 24.0. The third kappa shape index (κ3) is 5.99. The topological polar surface area (TPSA) is 102 Å². The zero-order valence-electron chi connectivity index (χ0n) is 16.6. The van der Waals surface area contributed by atoms with Crippen LogP contribution in [0, 0.1) is 0 Å². The first-order valence-electron chi connectivity index (χ1n) is 9.07. The molecule has 0 unspecified atom stereocenters. The van der Waals surface area contributed by atoms with Crippen molar-refractivity contribution in [2.45, 2.75) is 0 Å². The number of carbonyl (C=O) groups is 4. The molecule has 2 aromatic carbocycles. The minimum Gasteiger partial charge on any atom is -0.481 e. The van der Waals surface area contributed by atoms with E-state index in [2.05, 4.69) is 41.9 Å². The van der Waals surface area contributed by atoms with E-state index in [9.17, 15) is 19.2 Å². The number of methoxy groups -OCH3 is 1. The molecule has 1 aliphatic heterocycles. The van der Waals surface area contributed by atoms with Crippen LogP contribution in [0.3, 0.4) is 0 Å². The van der Waals surface area contributed by atoms with Gasteiger partial charge in [0, 0.05) is 14.5 Å². The minimum absolute atomic E-state index is 0.129. The number of hydrogen-bond acceptors (Lipinski definition) is 7. The van der Waals surface area contributed by atoms with Crippen molar-refractivity contribution in [2.24, 2.45) is 0 Å². The van der Waals surface area contributed by atoms with Crippen LogP contribution in [0.15, 0.2) is 56.3 Å². The van der Waals surface area contributed by atoms with Crippen molar-refractivity contribution in [3.05, 3.63) is 61.9 Å². The first-order valence-corrected chi connectivity index (χ1v) is 11.5. The van der Waals surface area contributed by atoms with Crippen LogP contribution in [0.25, 0.3) is 6.08 Å². The van der Waals surface area contributed by atoms with Crippen LogP contribution >= 0.6 is 43.6 Å². The van der Waals surface area contributed by atoms with Crippen LogP contribution in [0.2, 0.25) is 0 Å². The summed E-state index contributed by atoms with van der Waals surface area (Å²) in [4.78, 5) is 49.9. The normalized spacial score (nSPS) is 14.6. The molecule has 1 heterocycles. The van der Waals surface area contributed by atoms with Gasteiger partial charge in [0.2, 0.25) is 5.91 Å². The highest BCUT2D eigenvalue weighted by Crippen LogP contribution is 2.35. The Bertz CT molecular complexity index is 1120. The van der Waals surface area contributed by atoms with E-state index in [4.69, 9.17) is 4.74 Å². The fourth-order valence-corrected chi connectivity index (χ4v) is 4.22. The van der Waals surface area contributed by atoms with E-state index in [1.54, 1.807) is 42.5 Å². The van der Waals surface area contributed by atoms with Gasteiger partial charge in [-0.3, -0.25) is 19.3 Å². The SMILES string of the molecule is COC(=O)COc1ccc(Br)cc1/C=C1/SC(=O)N(CC(=O)Nc2ccccc2Br)C1=O. The predicted molar refractivity (Wildman–Crippen MR) is 127 cm³/mol. The number of rotatable bonds is 7. The Morgan fingerprint density at radius 3 is 2.62 bits per heavy atom. The molecule has 0 aliphatic carbocycles. The maximum absolute atomic E-state index is 12.8. The van der Waals surface area contributed by atoms with Crippen molar-refractivity contribution in [3.8, 4) is 5.75 Å². The van der Waals surface area contributed by atoms with E-state index in [0.717, 1.165) is 16.7 Å². The molecule has 0 radical (unpaired) electrons. The van der Waals surface area contributed by atoms with Gasteiger partial charge in [0.05, 0.1) is 17.7 Å². The largest absolute Gasteiger partial charge is 0.481 e. The Morgan fingerprint density at radius 2 is 1.91 bits per heavy atom. The summed E-state index contributed by atoms with van der Waals surface area (Å²) < 4.78 is 11.4. The Labute approximate surface area is 204 Å². The van der Waals surface area contributed by atoms with Gasteiger partial charge >= 0.3 is 5.97 Å². The van der Waals surface area contributed by atoms with Crippen LogP contribution in [-0.2, 0) is 19.1 Å². The van der Waals surface area contributed by atoms with Crippen LogP contribution < -0.4 is 10.1 Å². The fraction of sp³-hybridized carbons (Fsp3) is 0.143. The smallest absolute Gasteiger partial charge is 0.343 e. The standard InChI is InChI=1S/C21H16Br2N2O6S/c1-30-19(27)11-31-16-7-6-13(22)8-12(16)9-17-20(28)25(21(29)32-17)10-18(26)24-15-5-3-2-4-14(15)23/h2-9H,10-11H2,1H3,(H,24,26)/b17-9+. The molecule has 3 amide bonds. The lowest BCUT2D eigenvalue weighted by Gasteiger charge is -2.13. The first-order chi connectivity index (χ1) is 15.3. The highest BCUT2D eigenvalue weighted by Gasteiger charge is 2.36. The number of para-hydroxylation sites is 1. The molecule has 1 N–H and O–H groups in total. The van der Waals surface area contributed by atoms with E-state index in [1.165, 1.54) is 13.2 Å². The molecule has 0 aromatic heterocycles. The van der Waals surface area contributed by atoms with Gasteiger partial charge in [-0.15, -0.1) is 0 Å². The number of nitrogens with one attached hydrogen (secondary N) is 1. The van der Waals surface area contributed by atoms with Crippen molar-refractivity contribution < 1.29 is 28.7 Å². The monoisotopic (exact) mass is 582 g/mol. The molecule has 11 heteroatoms. The number of carbonyl (C=O) groups excluding carboxylic acids is 4. The predicted octanol–water partition coefficient (Wildman–Crippen LogP) is 4.44. The van der Waals surface area contributed by atoms with Gasteiger partial charge in [0.15, 0.2) is 6.61 Å². The molecule has 0 saturated carbocycles. The van der Waals surface area contributed by atoms with Crippen molar-refractivity contribution in [2.75, 3.05) is 25.6 Å². The number of esters is 1. The molecule has 1 saturated heterocycles. The molecular formula is C21H16Br2N2O6S. The van der Waals surface area contributed by atoms with Crippen LogP contribution in [0.4, 0.5) is 10.5 Å². The summed E-state index contributed by atoms with van der Waals surface area (Å²) in [5.41, 5.74) is 1.01. The number of anilines is 1. The Kier molecular flexibility index (Phi) is 8.10. The van der Waals surface area contributed by atoms with Crippen LogP contribution in [-0.4, -0.2) is 48.2 Å². The van der Waals surface area contributed by atoms with E-state index >= 15 is 0 Å². The quantitative estimate of drug-likeness (QED) is 0.380. The highest BCUT2D eigenvalue weighted by molar-refractivity contribution is 9.10. The van der Waals surface area contributed by atoms with Gasteiger partial charge in [-0.2, -0.15) is 0 Å². The average molecular weight is 584 g/mol. The third-order valence-corrected chi connectivity index (χ3v) is 6.25. The summed E-state index contributed by atoms with van der Waals surface area (Å²) in [6, 6.07) is 12.0. The number of ether oxygens (including phenoxy) is 2. The van der Waals surface area contributed by atoms with Crippen molar-refractivity contribution in [3.63, 3.8) is 0 Å². The highest BCUT2D eigenvalue weighted by atomic mass is 79.9. The molecule has 1 fully saturated rings. The number of imide groups is 1. The molecule has 0 bridgehead atoms. The molecule has 8 nitrogen and oxygen atoms in total. The van der Waals surface area contributed by atoms with Gasteiger partial charge < -0.3 is 14.8 Å². The fourth-order valence-electron chi connectivity index (χ4n) is 2.63. The maximum atomic E-state index is 12.8. The molecule has 1 aliphatic rings. The Balaban J connectivity index is 1.75. The molecule has 0 spiro atoms. The number of amides is 3. The van der Waals surface area contributed by atoms with E-state index in [-0.39, 0.29) is 11.5 Å². The molecular weight excluding hydrogens is 568 g/mol. The number of nitrogens with zero attached hydrogens (tertiary/aromatic N) is 1. The molecule has 0 atom stereocenters. The van der Waals surface area contributed by atoms with Crippen LogP contribution in [0.1, 0.15) is 5.56 Å². The van der Waals surface area contributed by atoms with Crippen molar-refractivity contribution >= 4 is 78.4 Å². The second kappa shape index (κ2) is 10.8. The second-order valence-corrected chi connectivity index (χ2v) is 9.11. The number of benzene rings is 2. The van der Waals surface area contributed by atoms with Gasteiger partial charge in [-0.25, -0.2) is 4.79 Å². The molecule has 166 valence electrons. The number of hydrogen-bond donors (Lipinski definition) is 1. The summed E-state index contributed by atoms with van der Waals surface area (Å²) in [6.07, 6.45) is 1.48. The van der Waals surface area contributed by atoms with Gasteiger partial charge in [-0.1, -0.05) is 28.1 Å². The molecule has 3 rings (SSSR count). The minimum atomic E-state index is -0.596. The lowest BCUT2D eigenvalue weighted by molar-refractivity contribution is -0.142. The summed E-state index contributed by atoms with van der Waals surface area (Å²) in [5, 5.41) is 2.10. The zero-order chi connectivity index (χ0) is 23.3. The summed E-state index contributed by atoms with van der Waals surface area (Å²) in [6.45, 7) is -0.733. The average Bonchev–Trinajstić information content (AvgIpc) is 3.02.